The second kappa shape index (κ2) is 6.58. The van der Waals surface area contributed by atoms with Gasteiger partial charge in [-0.1, -0.05) is 23.8 Å². The normalized spacial score (nSPS) is 23.7. The lowest BCUT2D eigenvalue weighted by Gasteiger charge is -2.29. The highest BCUT2D eigenvalue weighted by molar-refractivity contribution is 7.17. The van der Waals surface area contributed by atoms with E-state index in [2.05, 4.69) is 49.5 Å². The number of benzene rings is 1. The predicted molar refractivity (Wildman–Crippen MR) is 105 cm³/mol. The molecule has 0 aliphatic heterocycles. The Labute approximate surface area is 149 Å². The van der Waals surface area contributed by atoms with Gasteiger partial charge in [0.15, 0.2) is 0 Å². The maximum atomic E-state index is 2.38. The first-order valence-electron chi connectivity index (χ1n) is 8.47. The molecule has 0 saturated heterocycles. The molecular formula is C20H26ClNS. The number of likely N-dealkylation sites (N-methyl/N-ethyl adjacent to an activating group) is 1. The van der Waals surface area contributed by atoms with Crippen LogP contribution >= 0.6 is 23.7 Å². The molecule has 3 heteroatoms. The maximum absolute atomic E-state index is 2.38. The van der Waals surface area contributed by atoms with Crippen molar-refractivity contribution in [2.45, 2.75) is 32.6 Å². The molecule has 23 heavy (non-hydrogen) atoms. The quantitative estimate of drug-likeness (QED) is 0.681. The largest absolute Gasteiger partial charge is 0.305 e. The van der Waals surface area contributed by atoms with Gasteiger partial charge in [-0.05, 0) is 86.0 Å². The van der Waals surface area contributed by atoms with Gasteiger partial charge in [-0.25, -0.2) is 0 Å². The summed E-state index contributed by atoms with van der Waals surface area (Å²) in [7, 11) is 4.41. The number of hydrogen-bond acceptors (Lipinski definition) is 2. The van der Waals surface area contributed by atoms with E-state index in [1.165, 1.54) is 46.9 Å². The van der Waals surface area contributed by atoms with Crippen molar-refractivity contribution in [3.63, 3.8) is 0 Å². The van der Waals surface area contributed by atoms with Gasteiger partial charge in [0.25, 0.3) is 0 Å². The Morgan fingerprint density at radius 2 is 2.04 bits per heavy atom. The summed E-state index contributed by atoms with van der Waals surface area (Å²) in [6, 6.07) is 6.93. The number of fused-ring (bicyclic) bond motifs is 3. The summed E-state index contributed by atoms with van der Waals surface area (Å²) < 4.78 is 1.51. The second-order valence-electron chi connectivity index (χ2n) is 7.44. The number of hydrogen-bond donors (Lipinski definition) is 0. The molecular weight excluding hydrogens is 322 g/mol. The van der Waals surface area contributed by atoms with Crippen LogP contribution in [0, 0.1) is 18.8 Å². The summed E-state index contributed by atoms with van der Waals surface area (Å²) in [4.78, 5) is 2.35. The molecule has 2 aliphatic carbocycles. The zero-order valence-electron chi connectivity index (χ0n) is 14.3. The molecule has 1 heterocycles. The monoisotopic (exact) mass is 347 g/mol. The van der Waals surface area contributed by atoms with Gasteiger partial charge in [0.05, 0.1) is 0 Å². The Bertz CT molecular complexity index is 743. The van der Waals surface area contributed by atoms with Gasteiger partial charge in [0.2, 0.25) is 0 Å². The Hall–Kier alpha value is -0.830. The number of aryl methyl sites for hydroxylation is 1. The van der Waals surface area contributed by atoms with E-state index in [9.17, 15) is 0 Å². The number of halogens is 1. The van der Waals surface area contributed by atoms with Crippen LogP contribution in [0.15, 0.2) is 29.2 Å². The minimum Gasteiger partial charge on any atom is -0.305 e. The van der Waals surface area contributed by atoms with Gasteiger partial charge in [-0.2, -0.15) is 0 Å². The maximum Gasteiger partial charge on any atom is 0.0420 e. The lowest BCUT2D eigenvalue weighted by atomic mass is 9.79. The fraction of sp³-hybridized carbons (Fsp3) is 0.500. The molecule has 0 N–H and O–H groups in total. The summed E-state index contributed by atoms with van der Waals surface area (Å²) in [5, 5.41) is 3.78. The Balaban J connectivity index is 0.00000156. The summed E-state index contributed by atoms with van der Waals surface area (Å²) in [5.74, 6) is 1.76. The van der Waals surface area contributed by atoms with Crippen LogP contribution in [0.2, 0.25) is 0 Å². The van der Waals surface area contributed by atoms with E-state index in [1.54, 1.807) is 11.1 Å². The van der Waals surface area contributed by atoms with Gasteiger partial charge in [0, 0.05) is 11.2 Å². The van der Waals surface area contributed by atoms with Crippen LogP contribution in [0.5, 0.6) is 0 Å². The molecule has 1 fully saturated rings. The zero-order valence-corrected chi connectivity index (χ0v) is 15.9. The summed E-state index contributed by atoms with van der Waals surface area (Å²) in [6.07, 6.45) is 5.58. The molecule has 0 radical (unpaired) electrons. The molecule has 2 aliphatic rings. The molecule has 124 valence electrons. The fourth-order valence-corrected chi connectivity index (χ4v) is 5.69. The molecule has 1 nitrogen and oxygen atoms in total. The van der Waals surface area contributed by atoms with Crippen molar-refractivity contribution in [2.24, 2.45) is 11.8 Å². The highest BCUT2D eigenvalue weighted by atomic mass is 35.5. The molecule has 2 atom stereocenters. The van der Waals surface area contributed by atoms with Crippen molar-refractivity contribution in [3.05, 3.63) is 40.3 Å². The lowest BCUT2D eigenvalue weighted by molar-refractivity contribution is 0.413. The molecule has 2 aromatic rings. The van der Waals surface area contributed by atoms with E-state index < -0.39 is 0 Å². The fourth-order valence-electron chi connectivity index (χ4n) is 4.61. The standard InChI is InChI=1S/C20H25NS.ClH/c1-13-12-22-20-17(13)5-4-6-18(20)19-15-8-7-14(9-15)10-16(19)11-21(2)3;/h4-6,12,14-15H,7-11H2,1-3H3;1H/t14-,15-;/m0./s1. The van der Waals surface area contributed by atoms with E-state index >= 15 is 0 Å². The predicted octanol–water partition coefficient (Wildman–Crippen LogP) is 5.77. The molecule has 1 aromatic heterocycles. The third-order valence-electron chi connectivity index (χ3n) is 5.46. The summed E-state index contributed by atoms with van der Waals surface area (Å²) in [6.45, 7) is 3.37. The van der Waals surface area contributed by atoms with Crippen molar-refractivity contribution in [2.75, 3.05) is 20.6 Å². The van der Waals surface area contributed by atoms with Crippen LogP contribution in [0.25, 0.3) is 15.7 Å². The van der Waals surface area contributed by atoms with E-state index in [0.29, 0.717) is 0 Å². The molecule has 0 unspecified atom stereocenters. The van der Waals surface area contributed by atoms with Gasteiger partial charge < -0.3 is 4.90 Å². The average Bonchev–Trinajstić information content (AvgIpc) is 3.04. The van der Waals surface area contributed by atoms with Crippen molar-refractivity contribution < 1.29 is 0 Å². The summed E-state index contributed by atoms with van der Waals surface area (Å²) in [5.41, 5.74) is 6.38. The van der Waals surface area contributed by atoms with Crippen molar-refractivity contribution in [3.8, 4) is 0 Å². The van der Waals surface area contributed by atoms with Gasteiger partial charge in [0.1, 0.15) is 0 Å². The molecule has 0 spiro atoms. The van der Waals surface area contributed by atoms with Crippen LogP contribution in [0.1, 0.15) is 36.8 Å². The van der Waals surface area contributed by atoms with Gasteiger partial charge in [-0.15, -0.1) is 23.7 Å². The lowest BCUT2D eigenvalue weighted by Crippen LogP contribution is -2.21. The zero-order chi connectivity index (χ0) is 15.3. The highest BCUT2D eigenvalue weighted by Gasteiger charge is 2.35. The van der Waals surface area contributed by atoms with Crippen LogP contribution in [0.4, 0.5) is 0 Å². The third kappa shape index (κ3) is 2.97. The van der Waals surface area contributed by atoms with E-state index in [1.807, 2.05) is 11.3 Å². The SMILES string of the molecule is Cc1csc2c(C3=C(CN(C)C)C[C@H]4CC[C@H]3C4)cccc12.Cl. The first kappa shape index (κ1) is 17.0. The summed E-state index contributed by atoms with van der Waals surface area (Å²) >= 11 is 1.93. The van der Waals surface area contributed by atoms with Crippen LogP contribution in [-0.4, -0.2) is 25.5 Å². The second-order valence-corrected chi connectivity index (χ2v) is 8.32. The van der Waals surface area contributed by atoms with E-state index in [4.69, 9.17) is 0 Å². The molecule has 0 amide bonds. The third-order valence-corrected chi connectivity index (χ3v) is 6.60. The average molecular weight is 348 g/mol. The number of thiophene rings is 1. The molecule has 1 saturated carbocycles. The molecule has 2 bridgehead atoms. The Morgan fingerprint density at radius 3 is 2.83 bits per heavy atom. The smallest absolute Gasteiger partial charge is 0.0420 e. The Morgan fingerprint density at radius 1 is 1.22 bits per heavy atom. The minimum atomic E-state index is 0. The van der Waals surface area contributed by atoms with Crippen molar-refractivity contribution >= 4 is 39.4 Å². The first-order valence-corrected chi connectivity index (χ1v) is 9.35. The Kier molecular flexibility index (Phi) is 4.87. The minimum absolute atomic E-state index is 0. The number of nitrogens with zero attached hydrogens (tertiary/aromatic N) is 1. The van der Waals surface area contributed by atoms with Crippen LogP contribution < -0.4 is 0 Å². The molecule has 1 aromatic carbocycles. The van der Waals surface area contributed by atoms with Gasteiger partial charge >= 0.3 is 0 Å². The topological polar surface area (TPSA) is 3.24 Å². The van der Waals surface area contributed by atoms with E-state index in [0.717, 1.165) is 18.4 Å². The number of allylic oxidation sites excluding steroid dienone is 1. The highest BCUT2D eigenvalue weighted by Crippen LogP contribution is 2.50. The first-order chi connectivity index (χ1) is 10.6. The van der Waals surface area contributed by atoms with E-state index in [-0.39, 0.29) is 12.4 Å². The van der Waals surface area contributed by atoms with Crippen LogP contribution in [-0.2, 0) is 0 Å². The van der Waals surface area contributed by atoms with Gasteiger partial charge in [-0.3, -0.25) is 0 Å². The molecule has 4 rings (SSSR count). The van der Waals surface area contributed by atoms with Crippen molar-refractivity contribution in [1.82, 2.24) is 4.90 Å². The van der Waals surface area contributed by atoms with Crippen molar-refractivity contribution in [1.29, 1.82) is 0 Å². The van der Waals surface area contributed by atoms with Crippen LogP contribution in [0.3, 0.4) is 0 Å². The number of rotatable bonds is 3.